The van der Waals surface area contributed by atoms with E-state index in [4.69, 9.17) is 20.5 Å². The van der Waals surface area contributed by atoms with E-state index in [-0.39, 0.29) is 17.9 Å². The molecule has 0 aliphatic heterocycles. The number of halogens is 1. The second-order valence-electron chi connectivity index (χ2n) is 7.92. The summed E-state index contributed by atoms with van der Waals surface area (Å²) in [7, 11) is 0. The van der Waals surface area contributed by atoms with Crippen LogP contribution in [0.15, 0.2) is 36.5 Å². The van der Waals surface area contributed by atoms with E-state index in [1.54, 1.807) is 30.5 Å². The number of esters is 1. The summed E-state index contributed by atoms with van der Waals surface area (Å²) in [5.74, 6) is -0.372. The number of ether oxygens (including phenoxy) is 1. The summed E-state index contributed by atoms with van der Waals surface area (Å²) in [6.45, 7) is 5.91. The molecular formula is C19H26ClN2O4P. The molecule has 1 aromatic heterocycles. The minimum absolute atomic E-state index is 0.172. The van der Waals surface area contributed by atoms with Gasteiger partial charge in [-0.1, -0.05) is 40.7 Å². The van der Waals surface area contributed by atoms with Crippen molar-refractivity contribution in [3.8, 4) is 5.75 Å². The Labute approximate surface area is 164 Å². The Morgan fingerprint density at radius 2 is 1.96 bits per heavy atom. The van der Waals surface area contributed by atoms with Crippen molar-refractivity contribution >= 4 is 35.0 Å². The van der Waals surface area contributed by atoms with Crippen molar-refractivity contribution in [3.05, 3.63) is 36.5 Å². The zero-order valence-corrected chi connectivity index (χ0v) is 17.9. The molecule has 0 fully saturated rings. The van der Waals surface area contributed by atoms with Crippen molar-refractivity contribution in [2.75, 3.05) is 6.61 Å². The van der Waals surface area contributed by atoms with E-state index in [0.29, 0.717) is 16.7 Å². The van der Waals surface area contributed by atoms with Gasteiger partial charge in [-0.15, -0.1) is 0 Å². The first-order chi connectivity index (χ1) is 12.5. The molecule has 0 saturated heterocycles. The minimum Gasteiger partial charge on any atom is -0.464 e. The van der Waals surface area contributed by atoms with E-state index in [9.17, 15) is 9.36 Å². The van der Waals surface area contributed by atoms with Gasteiger partial charge in [-0.05, 0) is 35.6 Å². The van der Waals surface area contributed by atoms with Gasteiger partial charge in [0, 0.05) is 22.8 Å². The van der Waals surface area contributed by atoms with Crippen molar-refractivity contribution in [2.45, 2.75) is 40.7 Å². The molecule has 0 spiro atoms. The molecule has 0 radical (unpaired) electrons. The molecule has 1 aromatic carbocycles. The molecule has 0 bridgehead atoms. The van der Waals surface area contributed by atoms with Gasteiger partial charge in [0.1, 0.15) is 11.8 Å². The number of carbonyl (C=O) groups is 1. The van der Waals surface area contributed by atoms with Crippen LogP contribution in [0.4, 0.5) is 0 Å². The van der Waals surface area contributed by atoms with Gasteiger partial charge in [-0.3, -0.25) is 9.78 Å². The van der Waals surface area contributed by atoms with Crippen LogP contribution in [0.1, 0.15) is 34.6 Å². The monoisotopic (exact) mass is 412 g/mol. The Bertz CT molecular complexity index is 846. The molecule has 8 heteroatoms. The second kappa shape index (κ2) is 8.59. The first-order valence-electron chi connectivity index (χ1n) is 8.76. The lowest BCUT2D eigenvalue weighted by molar-refractivity contribution is -0.149. The van der Waals surface area contributed by atoms with Crippen LogP contribution in [0.5, 0.6) is 5.75 Å². The van der Waals surface area contributed by atoms with Gasteiger partial charge < -0.3 is 9.26 Å². The lowest BCUT2D eigenvalue weighted by atomic mass is 9.98. The van der Waals surface area contributed by atoms with E-state index < -0.39 is 18.9 Å². The number of carbonyl (C=O) groups excluding carboxylic acids is 1. The summed E-state index contributed by atoms with van der Waals surface area (Å²) in [4.78, 5) is 16.7. The fourth-order valence-electron chi connectivity index (χ4n) is 2.33. The van der Waals surface area contributed by atoms with Crippen molar-refractivity contribution in [1.29, 1.82) is 0 Å². The van der Waals surface area contributed by atoms with E-state index in [0.717, 1.165) is 0 Å². The van der Waals surface area contributed by atoms with Crippen molar-refractivity contribution in [1.82, 2.24) is 10.1 Å². The zero-order chi connectivity index (χ0) is 20.2. The molecule has 2 atom stereocenters. The van der Waals surface area contributed by atoms with E-state index in [2.05, 4.69) is 10.1 Å². The summed E-state index contributed by atoms with van der Waals surface area (Å²) in [5, 5.41) is 3.33. The second-order valence-corrected chi connectivity index (χ2v) is 10.7. The number of rotatable bonds is 7. The van der Waals surface area contributed by atoms with Crippen molar-refractivity contribution in [3.63, 3.8) is 0 Å². The lowest BCUT2D eigenvalue weighted by Crippen LogP contribution is -2.41. The number of hydrogen-bond donors (Lipinski definition) is 1. The molecule has 1 heterocycles. The highest BCUT2D eigenvalue weighted by atomic mass is 35.7. The molecule has 0 aliphatic carbocycles. The summed E-state index contributed by atoms with van der Waals surface area (Å²) >= 11 is 6.14. The highest BCUT2D eigenvalue weighted by Gasteiger charge is 2.34. The molecule has 0 amide bonds. The van der Waals surface area contributed by atoms with Gasteiger partial charge in [-0.2, -0.15) is 0 Å². The summed E-state index contributed by atoms with van der Waals surface area (Å²) in [5.41, 5.74) is 0.519. The number of nitrogens with one attached hydrogen (secondary N) is 1. The quantitative estimate of drug-likeness (QED) is 0.499. The highest BCUT2D eigenvalue weighted by molar-refractivity contribution is 7.84. The zero-order valence-electron chi connectivity index (χ0n) is 16.2. The summed E-state index contributed by atoms with van der Waals surface area (Å²) in [6, 6.07) is 7.90. The van der Waals surface area contributed by atoms with Crippen molar-refractivity contribution < 1.29 is 18.6 Å². The Balaban J connectivity index is 2.16. The third kappa shape index (κ3) is 6.49. The third-order valence-corrected chi connectivity index (χ3v) is 5.20. The molecule has 0 saturated carbocycles. The van der Waals surface area contributed by atoms with Crippen LogP contribution >= 0.6 is 18.1 Å². The highest BCUT2D eigenvalue weighted by Crippen LogP contribution is 2.50. The average molecular weight is 413 g/mol. The summed E-state index contributed by atoms with van der Waals surface area (Å²) in [6.07, 6.45) is 1.66. The normalized spacial score (nSPS) is 15.4. The molecule has 0 aliphatic rings. The maximum absolute atomic E-state index is 12.9. The number of pyridine rings is 1. The molecule has 2 aromatic rings. The molecule has 27 heavy (non-hydrogen) atoms. The average Bonchev–Trinajstić information content (AvgIpc) is 2.57. The predicted molar refractivity (Wildman–Crippen MR) is 108 cm³/mol. The van der Waals surface area contributed by atoms with Crippen molar-refractivity contribution in [2.24, 2.45) is 11.3 Å². The SMILES string of the molecule is CC(C)C(NP(=O)(Cl)Oc1cccc2ncccc12)C(=O)OCC(C)(C)C. The standard InChI is InChI=1S/C19H26ClN2O4P/c1-13(2)17(18(23)25-12-19(3,4)5)22-27(20,24)26-16-10-6-9-15-14(16)8-7-11-21-15/h6-11,13,17H,12H2,1-5H3,(H,22,24). The smallest absolute Gasteiger partial charge is 0.409 e. The number of aromatic nitrogens is 1. The van der Waals surface area contributed by atoms with Crippen LogP contribution in [-0.4, -0.2) is 23.6 Å². The molecule has 6 nitrogen and oxygen atoms in total. The fraction of sp³-hybridized carbons (Fsp3) is 0.474. The van der Waals surface area contributed by atoms with Gasteiger partial charge in [-0.25, -0.2) is 9.65 Å². The van der Waals surface area contributed by atoms with Crippen LogP contribution < -0.4 is 9.61 Å². The number of nitrogens with zero attached hydrogens (tertiary/aromatic N) is 1. The fourth-order valence-corrected chi connectivity index (χ4v) is 4.06. The molecule has 1 N–H and O–H groups in total. The van der Waals surface area contributed by atoms with Crippen LogP contribution in [-0.2, 0) is 14.1 Å². The number of benzene rings is 1. The topological polar surface area (TPSA) is 77.5 Å². The Morgan fingerprint density at radius 1 is 1.26 bits per heavy atom. The maximum atomic E-state index is 12.9. The van der Waals surface area contributed by atoms with E-state index in [1.807, 2.05) is 40.7 Å². The maximum Gasteiger partial charge on any atom is 0.409 e. The number of hydrogen-bond acceptors (Lipinski definition) is 5. The van der Waals surface area contributed by atoms with Gasteiger partial charge in [0.05, 0.1) is 12.1 Å². The van der Waals surface area contributed by atoms with Gasteiger partial charge in [0.2, 0.25) is 0 Å². The third-order valence-electron chi connectivity index (χ3n) is 3.68. The Kier molecular flexibility index (Phi) is 6.90. The molecule has 2 unspecified atom stereocenters. The number of fused-ring (bicyclic) bond motifs is 1. The molecule has 2 rings (SSSR count). The van der Waals surface area contributed by atoms with Crippen LogP contribution in [0.3, 0.4) is 0 Å². The largest absolute Gasteiger partial charge is 0.464 e. The van der Waals surface area contributed by atoms with Gasteiger partial charge in [0.15, 0.2) is 0 Å². The van der Waals surface area contributed by atoms with Crippen LogP contribution in [0.2, 0.25) is 0 Å². The van der Waals surface area contributed by atoms with E-state index in [1.165, 1.54) is 0 Å². The Hall–Kier alpha value is -1.62. The van der Waals surface area contributed by atoms with Gasteiger partial charge >= 0.3 is 12.8 Å². The van der Waals surface area contributed by atoms with Crippen LogP contribution in [0.25, 0.3) is 10.9 Å². The summed E-state index contributed by atoms with van der Waals surface area (Å²) < 4.78 is 23.8. The first-order valence-corrected chi connectivity index (χ1v) is 11.3. The van der Waals surface area contributed by atoms with E-state index >= 15 is 0 Å². The predicted octanol–water partition coefficient (Wildman–Crippen LogP) is 5.16. The first kappa shape index (κ1) is 21.7. The van der Waals surface area contributed by atoms with Gasteiger partial charge in [0.25, 0.3) is 0 Å². The molecular weight excluding hydrogens is 387 g/mol. The minimum atomic E-state index is -3.85. The lowest BCUT2D eigenvalue weighted by Gasteiger charge is -2.26. The van der Waals surface area contributed by atoms with Crippen LogP contribution in [0, 0.1) is 11.3 Å². The Morgan fingerprint density at radius 3 is 2.59 bits per heavy atom. The molecule has 148 valence electrons.